The van der Waals surface area contributed by atoms with Crippen LogP contribution < -0.4 is 0 Å². The third-order valence-corrected chi connectivity index (χ3v) is 5.38. The summed E-state index contributed by atoms with van der Waals surface area (Å²) < 4.78 is 39.2. The molecule has 1 saturated heterocycles. The van der Waals surface area contributed by atoms with Crippen molar-refractivity contribution in [1.82, 2.24) is 19.7 Å². The molecule has 1 aromatic heterocycles. The highest BCUT2D eigenvalue weighted by atomic mass is 32.2. The number of hydrogen-bond donors (Lipinski definition) is 2. The van der Waals surface area contributed by atoms with E-state index in [1.165, 1.54) is 24.4 Å². The molecule has 0 unspecified atom stereocenters. The summed E-state index contributed by atoms with van der Waals surface area (Å²) in [4.78, 5) is -0.132. The van der Waals surface area contributed by atoms with Crippen LogP contribution in [0.2, 0.25) is 0 Å². The average molecular weight is 312 g/mol. The van der Waals surface area contributed by atoms with Crippen LogP contribution in [-0.4, -0.2) is 46.3 Å². The van der Waals surface area contributed by atoms with Gasteiger partial charge in [0.15, 0.2) is 0 Å². The molecular weight excluding hydrogens is 299 g/mol. The predicted molar refractivity (Wildman–Crippen MR) is 70.1 cm³/mol. The summed E-state index contributed by atoms with van der Waals surface area (Å²) in [5.41, 5.74) is -1.09. The fourth-order valence-corrected chi connectivity index (χ4v) is 3.90. The highest BCUT2D eigenvalue weighted by Crippen LogP contribution is 2.33. The number of aromatic nitrogens is 3. The lowest BCUT2D eigenvalue weighted by molar-refractivity contribution is 0.0485. The van der Waals surface area contributed by atoms with E-state index in [1.807, 2.05) is 0 Å². The third kappa shape index (κ3) is 2.43. The number of benzene rings is 1. The topological polar surface area (TPSA) is 99.2 Å². The van der Waals surface area contributed by atoms with Gasteiger partial charge in [-0.3, -0.25) is 0 Å². The summed E-state index contributed by atoms with van der Waals surface area (Å²) in [7, 11) is -3.85. The maximum atomic E-state index is 13.2. The standard InChI is InChI=1S/C12H13FN4O3S/c13-9-2-1-3-10(6-9)21(19,20)17-5-4-12(18,8-17)11-7-14-16-15-11/h1-3,6-7,18H,4-5,8H2,(H,14,15,16)/t12-/m0/s1. The molecule has 1 fully saturated rings. The minimum Gasteiger partial charge on any atom is -0.382 e. The molecule has 0 saturated carbocycles. The number of β-amino-alcohol motifs (C(OH)–C–C–N with tert-alkyl or cyclic N) is 1. The van der Waals surface area contributed by atoms with Crippen molar-refractivity contribution in [3.8, 4) is 0 Å². The normalized spacial score (nSPS) is 23.5. The first-order valence-electron chi connectivity index (χ1n) is 6.26. The molecular formula is C12H13FN4O3S. The first-order chi connectivity index (χ1) is 9.92. The van der Waals surface area contributed by atoms with Gasteiger partial charge in [0, 0.05) is 13.1 Å². The van der Waals surface area contributed by atoms with Crippen molar-refractivity contribution in [3.05, 3.63) is 42.0 Å². The molecule has 2 aromatic rings. The number of sulfonamides is 1. The van der Waals surface area contributed by atoms with Gasteiger partial charge in [-0.05, 0) is 24.6 Å². The number of hydrogen-bond acceptors (Lipinski definition) is 5. The zero-order valence-electron chi connectivity index (χ0n) is 10.9. The number of nitrogens with zero attached hydrogens (tertiary/aromatic N) is 3. The van der Waals surface area contributed by atoms with Gasteiger partial charge < -0.3 is 5.11 Å². The van der Waals surface area contributed by atoms with Crippen molar-refractivity contribution in [1.29, 1.82) is 0 Å². The quantitative estimate of drug-likeness (QED) is 0.845. The van der Waals surface area contributed by atoms with Crippen LogP contribution in [0.5, 0.6) is 0 Å². The van der Waals surface area contributed by atoms with E-state index in [1.54, 1.807) is 0 Å². The monoisotopic (exact) mass is 312 g/mol. The van der Waals surface area contributed by atoms with Gasteiger partial charge in [0.25, 0.3) is 0 Å². The number of aliphatic hydroxyl groups is 1. The van der Waals surface area contributed by atoms with Crippen LogP contribution in [0, 0.1) is 5.82 Å². The second kappa shape index (κ2) is 4.86. The zero-order valence-corrected chi connectivity index (χ0v) is 11.7. The van der Waals surface area contributed by atoms with Crippen molar-refractivity contribution in [2.45, 2.75) is 16.9 Å². The number of rotatable bonds is 3. The minimum absolute atomic E-state index is 0.127. The first kappa shape index (κ1) is 14.1. The molecule has 21 heavy (non-hydrogen) atoms. The zero-order chi connectivity index (χ0) is 15.1. The molecule has 3 rings (SSSR count). The van der Waals surface area contributed by atoms with E-state index in [2.05, 4.69) is 15.4 Å². The van der Waals surface area contributed by atoms with Crippen LogP contribution >= 0.6 is 0 Å². The first-order valence-corrected chi connectivity index (χ1v) is 7.70. The lowest BCUT2D eigenvalue weighted by atomic mass is 10.0. The summed E-state index contributed by atoms with van der Waals surface area (Å²) in [6.07, 6.45) is 1.56. The fraction of sp³-hybridized carbons (Fsp3) is 0.333. The molecule has 7 nitrogen and oxygen atoms in total. The lowest BCUT2D eigenvalue weighted by Crippen LogP contribution is -2.34. The largest absolute Gasteiger partial charge is 0.382 e. The van der Waals surface area contributed by atoms with E-state index in [0.29, 0.717) is 5.69 Å². The van der Waals surface area contributed by atoms with Gasteiger partial charge in [0.1, 0.15) is 17.1 Å². The van der Waals surface area contributed by atoms with Gasteiger partial charge in [-0.1, -0.05) is 6.07 Å². The Hall–Kier alpha value is -1.84. The molecule has 112 valence electrons. The molecule has 1 atom stereocenters. The van der Waals surface area contributed by atoms with Crippen LogP contribution in [0.15, 0.2) is 35.4 Å². The maximum absolute atomic E-state index is 13.2. The minimum atomic E-state index is -3.85. The lowest BCUT2D eigenvalue weighted by Gasteiger charge is -2.21. The molecule has 0 aliphatic carbocycles. The smallest absolute Gasteiger partial charge is 0.243 e. The molecule has 1 aromatic carbocycles. The van der Waals surface area contributed by atoms with E-state index < -0.39 is 21.4 Å². The van der Waals surface area contributed by atoms with Gasteiger partial charge in [0.2, 0.25) is 10.0 Å². The van der Waals surface area contributed by atoms with Gasteiger partial charge in [0.05, 0.1) is 11.1 Å². The molecule has 1 aliphatic heterocycles. The molecule has 2 heterocycles. The summed E-state index contributed by atoms with van der Waals surface area (Å²) in [6, 6.07) is 4.80. The Labute approximate surface area is 120 Å². The van der Waals surface area contributed by atoms with Gasteiger partial charge in [-0.15, -0.1) is 0 Å². The predicted octanol–water partition coefficient (Wildman–Crippen LogP) is 0.226. The number of aromatic amines is 1. The SMILES string of the molecule is O=S(=O)(c1cccc(F)c1)N1CC[C@@](O)(c2cn[nH]n2)C1. The van der Waals surface area contributed by atoms with Crippen LogP contribution in [0.3, 0.4) is 0 Å². The number of nitrogens with one attached hydrogen (secondary N) is 1. The van der Waals surface area contributed by atoms with E-state index >= 15 is 0 Å². The van der Waals surface area contributed by atoms with Gasteiger partial charge in [-0.25, -0.2) is 12.8 Å². The summed E-state index contributed by atoms with van der Waals surface area (Å²) in [6.45, 7) is -0.0133. The summed E-state index contributed by atoms with van der Waals surface area (Å²) in [5.74, 6) is -0.623. The van der Waals surface area contributed by atoms with Crippen LogP contribution in [0.4, 0.5) is 4.39 Å². The molecule has 1 aliphatic rings. The summed E-state index contributed by atoms with van der Waals surface area (Å²) >= 11 is 0. The van der Waals surface area contributed by atoms with Gasteiger partial charge >= 0.3 is 0 Å². The van der Waals surface area contributed by atoms with Crippen molar-refractivity contribution >= 4 is 10.0 Å². The fourth-order valence-electron chi connectivity index (χ4n) is 2.38. The Bertz CT molecular complexity index is 750. The Morgan fingerprint density at radius 1 is 1.43 bits per heavy atom. The van der Waals surface area contributed by atoms with Crippen molar-refractivity contribution in [2.75, 3.05) is 13.1 Å². The Balaban J connectivity index is 1.89. The van der Waals surface area contributed by atoms with Gasteiger partial charge in [-0.2, -0.15) is 19.7 Å². The van der Waals surface area contributed by atoms with E-state index in [4.69, 9.17) is 0 Å². The van der Waals surface area contributed by atoms with Crippen molar-refractivity contribution < 1.29 is 17.9 Å². The average Bonchev–Trinajstić information content (AvgIpc) is 3.09. The van der Waals surface area contributed by atoms with Crippen LogP contribution in [0.25, 0.3) is 0 Å². The molecule has 0 amide bonds. The third-order valence-electron chi connectivity index (χ3n) is 3.54. The maximum Gasteiger partial charge on any atom is 0.243 e. The second-order valence-corrected chi connectivity index (χ2v) is 6.87. The Morgan fingerprint density at radius 2 is 2.24 bits per heavy atom. The molecule has 2 N–H and O–H groups in total. The van der Waals surface area contributed by atoms with E-state index in [-0.39, 0.29) is 24.4 Å². The summed E-state index contributed by atoms with van der Waals surface area (Å²) in [5, 5.41) is 20.3. The highest BCUT2D eigenvalue weighted by molar-refractivity contribution is 7.89. The molecule has 0 radical (unpaired) electrons. The Kier molecular flexibility index (Phi) is 3.27. The second-order valence-electron chi connectivity index (χ2n) is 4.93. The highest BCUT2D eigenvalue weighted by Gasteiger charge is 2.44. The van der Waals surface area contributed by atoms with E-state index in [9.17, 15) is 17.9 Å². The van der Waals surface area contributed by atoms with Crippen molar-refractivity contribution in [3.63, 3.8) is 0 Å². The molecule has 0 bridgehead atoms. The van der Waals surface area contributed by atoms with Crippen LogP contribution in [-0.2, 0) is 15.6 Å². The van der Waals surface area contributed by atoms with E-state index in [0.717, 1.165) is 10.4 Å². The van der Waals surface area contributed by atoms with Crippen LogP contribution in [0.1, 0.15) is 12.1 Å². The molecule has 0 spiro atoms. The Morgan fingerprint density at radius 3 is 2.90 bits per heavy atom. The number of halogens is 1. The molecule has 9 heteroatoms. The van der Waals surface area contributed by atoms with Crippen molar-refractivity contribution in [2.24, 2.45) is 0 Å². The number of H-pyrrole nitrogens is 1.